The Morgan fingerprint density at radius 2 is 1.54 bits per heavy atom. The van der Waals surface area contributed by atoms with E-state index in [-0.39, 0.29) is 11.0 Å². The minimum atomic E-state index is -0.378. The molecule has 1 N–H and O–H groups in total. The summed E-state index contributed by atoms with van der Waals surface area (Å²) >= 11 is 0. The second-order valence-corrected chi connectivity index (χ2v) is 5.75. The Hall–Kier alpha value is -0.0400. The molecule has 1 saturated carbocycles. The molecule has 0 saturated heterocycles. The lowest BCUT2D eigenvalue weighted by atomic mass is 9.66. The minimum absolute atomic E-state index is 0.228. The fourth-order valence-corrected chi connectivity index (χ4v) is 2.40. The van der Waals surface area contributed by atoms with Gasteiger partial charge in [0.1, 0.15) is 0 Å². The smallest absolute Gasteiger partial charge is 0.0678 e. The Morgan fingerprint density at radius 3 is 1.92 bits per heavy atom. The maximum absolute atomic E-state index is 10.5. The molecule has 1 aliphatic carbocycles. The van der Waals surface area contributed by atoms with Crippen molar-refractivity contribution in [3.63, 3.8) is 0 Å². The minimum Gasteiger partial charge on any atom is -0.390 e. The third kappa shape index (κ3) is 2.46. The van der Waals surface area contributed by atoms with Crippen molar-refractivity contribution in [1.29, 1.82) is 0 Å². The Morgan fingerprint density at radius 1 is 1.08 bits per heavy atom. The maximum Gasteiger partial charge on any atom is 0.0678 e. The molecule has 13 heavy (non-hydrogen) atoms. The molecule has 0 amide bonds. The molecule has 1 rings (SSSR count). The van der Waals surface area contributed by atoms with Crippen molar-refractivity contribution in [2.45, 2.75) is 65.4 Å². The van der Waals surface area contributed by atoms with E-state index in [4.69, 9.17) is 0 Å². The van der Waals surface area contributed by atoms with Gasteiger partial charge in [-0.3, -0.25) is 0 Å². The fraction of sp³-hybridized carbons (Fsp3) is 1.00. The summed E-state index contributed by atoms with van der Waals surface area (Å²) in [6.07, 6.45) is 5.73. The second-order valence-electron chi connectivity index (χ2n) is 5.75. The second kappa shape index (κ2) is 3.61. The van der Waals surface area contributed by atoms with Gasteiger partial charge in [-0.1, -0.05) is 47.0 Å². The highest BCUT2D eigenvalue weighted by Gasteiger charge is 2.40. The lowest BCUT2D eigenvalue weighted by Gasteiger charge is -2.44. The van der Waals surface area contributed by atoms with E-state index in [2.05, 4.69) is 27.7 Å². The van der Waals surface area contributed by atoms with E-state index in [9.17, 15) is 5.11 Å². The van der Waals surface area contributed by atoms with Crippen LogP contribution >= 0.6 is 0 Å². The molecule has 1 nitrogen and oxygen atoms in total. The first kappa shape index (κ1) is 11.0. The van der Waals surface area contributed by atoms with Gasteiger partial charge in [0.15, 0.2) is 0 Å². The first-order chi connectivity index (χ1) is 5.86. The van der Waals surface area contributed by atoms with Gasteiger partial charge in [-0.25, -0.2) is 0 Å². The summed E-state index contributed by atoms with van der Waals surface area (Å²) in [7, 11) is 0. The van der Waals surface area contributed by atoms with E-state index in [1.807, 2.05) is 0 Å². The van der Waals surface area contributed by atoms with Crippen LogP contribution in [0.1, 0.15) is 59.8 Å². The van der Waals surface area contributed by atoms with Crippen LogP contribution in [0, 0.1) is 11.3 Å². The van der Waals surface area contributed by atoms with E-state index < -0.39 is 0 Å². The van der Waals surface area contributed by atoms with Crippen LogP contribution in [0.25, 0.3) is 0 Å². The normalized spacial score (nSPS) is 25.6. The highest BCUT2D eigenvalue weighted by atomic mass is 16.3. The molecule has 0 aliphatic heterocycles. The molecule has 0 aromatic carbocycles. The van der Waals surface area contributed by atoms with Crippen LogP contribution in [0.4, 0.5) is 0 Å². The lowest BCUT2D eigenvalue weighted by Crippen LogP contribution is -2.44. The Kier molecular flexibility index (Phi) is 3.06. The quantitative estimate of drug-likeness (QED) is 0.662. The van der Waals surface area contributed by atoms with E-state index in [0.717, 1.165) is 12.8 Å². The van der Waals surface area contributed by atoms with E-state index >= 15 is 0 Å². The standard InChI is InChI=1S/C12H24O/c1-10(11(2,3)4)12(13)8-6-5-7-9-12/h10,13H,5-9H2,1-4H3. The van der Waals surface area contributed by atoms with Crippen LogP contribution in [0.3, 0.4) is 0 Å². The first-order valence-electron chi connectivity index (χ1n) is 5.59. The van der Waals surface area contributed by atoms with Gasteiger partial charge in [-0.2, -0.15) is 0 Å². The van der Waals surface area contributed by atoms with Crippen LogP contribution in [0.2, 0.25) is 0 Å². The average Bonchev–Trinajstić information content (AvgIpc) is 2.03. The van der Waals surface area contributed by atoms with Crippen LogP contribution in [0.15, 0.2) is 0 Å². The molecule has 1 aliphatic rings. The van der Waals surface area contributed by atoms with Crippen LogP contribution in [-0.4, -0.2) is 10.7 Å². The van der Waals surface area contributed by atoms with E-state index in [1.165, 1.54) is 19.3 Å². The van der Waals surface area contributed by atoms with E-state index in [1.54, 1.807) is 0 Å². The number of aliphatic hydroxyl groups is 1. The number of rotatable bonds is 1. The molecule has 0 radical (unpaired) electrons. The van der Waals surface area contributed by atoms with Gasteiger partial charge in [0.05, 0.1) is 5.60 Å². The molecule has 0 spiro atoms. The van der Waals surface area contributed by atoms with Gasteiger partial charge >= 0.3 is 0 Å². The van der Waals surface area contributed by atoms with Crippen LogP contribution in [-0.2, 0) is 0 Å². The molecular formula is C12H24O. The fourth-order valence-electron chi connectivity index (χ4n) is 2.40. The third-order valence-corrected chi connectivity index (χ3v) is 3.82. The van der Waals surface area contributed by atoms with Gasteiger partial charge in [-0.15, -0.1) is 0 Å². The monoisotopic (exact) mass is 184 g/mol. The van der Waals surface area contributed by atoms with Gasteiger partial charge < -0.3 is 5.11 Å². The summed E-state index contributed by atoms with van der Waals surface area (Å²) in [6.45, 7) is 8.88. The molecule has 0 aromatic heterocycles. The zero-order valence-electron chi connectivity index (χ0n) is 9.56. The number of hydrogen-bond donors (Lipinski definition) is 1. The summed E-state index contributed by atoms with van der Waals surface area (Å²) < 4.78 is 0. The SMILES string of the molecule is CC(C(C)(C)C)C1(O)CCCCC1. The van der Waals surface area contributed by atoms with Crippen LogP contribution in [0.5, 0.6) is 0 Å². The van der Waals surface area contributed by atoms with Gasteiger partial charge in [0.25, 0.3) is 0 Å². The van der Waals surface area contributed by atoms with Crippen LogP contribution < -0.4 is 0 Å². The molecule has 1 fully saturated rings. The Bertz CT molecular complexity index is 160. The van der Waals surface area contributed by atoms with Crippen molar-refractivity contribution in [1.82, 2.24) is 0 Å². The molecule has 1 unspecified atom stereocenters. The largest absolute Gasteiger partial charge is 0.390 e. The lowest BCUT2D eigenvalue weighted by molar-refractivity contribution is -0.0790. The zero-order valence-corrected chi connectivity index (χ0v) is 9.56. The summed E-state index contributed by atoms with van der Waals surface area (Å²) in [5.74, 6) is 0.403. The van der Waals surface area contributed by atoms with Crippen molar-refractivity contribution in [2.24, 2.45) is 11.3 Å². The van der Waals surface area contributed by atoms with Crippen molar-refractivity contribution in [3.8, 4) is 0 Å². The molecule has 1 heteroatoms. The number of hydrogen-bond acceptors (Lipinski definition) is 1. The van der Waals surface area contributed by atoms with Gasteiger partial charge in [0, 0.05) is 0 Å². The summed E-state index contributed by atoms with van der Waals surface area (Å²) in [4.78, 5) is 0. The van der Waals surface area contributed by atoms with Crippen molar-refractivity contribution >= 4 is 0 Å². The molecule has 0 heterocycles. The average molecular weight is 184 g/mol. The topological polar surface area (TPSA) is 20.2 Å². The van der Waals surface area contributed by atoms with Crippen molar-refractivity contribution in [2.75, 3.05) is 0 Å². The summed E-state index contributed by atoms with van der Waals surface area (Å²) in [5.41, 5.74) is -0.150. The third-order valence-electron chi connectivity index (χ3n) is 3.82. The molecular weight excluding hydrogens is 160 g/mol. The molecule has 78 valence electrons. The molecule has 0 aromatic rings. The van der Waals surface area contributed by atoms with Crippen molar-refractivity contribution in [3.05, 3.63) is 0 Å². The first-order valence-corrected chi connectivity index (χ1v) is 5.59. The Balaban J connectivity index is 2.67. The van der Waals surface area contributed by atoms with Gasteiger partial charge in [-0.05, 0) is 24.2 Å². The summed E-state index contributed by atoms with van der Waals surface area (Å²) in [5, 5.41) is 10.5. The van der Waals surface area contributed by atoms with Crippen molar-refractivity contribution < 1.29 is 5.11 Å². The molecule has 0 bridgehead atoms. The predicted octanol–water partition coefficient (Wildman–Crippen LogP) is 3.36. The zero-order chi connectivity index (χ0) is 10.1. The maximum atomic E-state index is 10.5. The predicted molar refractivity (Wildman–Crippen MR) is 56.7 cm³/mol. The molecule has 1 atom stereocenters. The van der Waals surface area contributed by atoms with E-state index in [0.29, 0.717) is 5.92 Å². The summed E-state index contributed by atoms with van der Waals surface area (Å²) in [6, 6.07) is 0. The Labute approximate surface area is 82.5 Å². The van der Waals surface area contributed by atoms with Gasteiger partial charge in [0.2, 0.25) is 0 Å². The highest BCUT2D eigenvalue weighted by molar-refractivity contribution is 4.92. The highest BCUT2D eigenvalue weighted by Crippen LogP contribution is 2.42.